The van der Waals surface area contributed by atoms with Crippen molar-refractivity contribution < 1.29 is 14.0 Å². The maximum absolute atomic E-state index is 5.94. The molecule has 6 rings (SSSR count). The van der Waals surface area contributed by atoms with E-state index < -0.39 is 0 Å². The fourth-order valence-corrected chi connectivity index (χ4v) is 5.10. The van der Waals surface area contributed by atoms with Crippen molar-refractivity contribution in [2.45, 2.75) is 19.9 Å². The quantitative estimate of drug-likeness (QED) is 0.117. The Hall–Kier alpha value is -5.22. The van der Waals surface area contributed by atoms with E-state index in [1.165, 1.54) is 16.6 Å². The van der Waals surface area contributed by atoms with Crippen LogP contribution in [0.25, 0.3) is 46.1 Å². The highest BCUT2D eigenvalue weighted by molar-refractivity contribution is 5.81. The van der Waals surface area contributed by atoms with E-state index in [-0.39, 0.29) is 0 Å². The number of aryl methyl sites for hydroxylation is 1. The number of hydrogen-bond donors (Lipinski definition) is 0. The van der Waals surface area contributed by atoms with Gasteiger partial charge in [-0.2, -0.15) is 4.57 Å². The van der Waals surface area contributed by atoms with Gasteiger partial charge in [-0.1, -0.05) is 66.7 Å². The van der Waals surface area contributed by atoms with Crippen LogP contribution in [-0.4, -0.2) is 18.2 Å². The summed E-state index contributed by atoms with van der Waals surface area (Å²) in [5.74, 6) is 1.72. The third-order valence-electron chi connectivity index (χ3n) is 7.39. The number of hydrogen-bond acceptors (Lipinski definition) is 3. The number of ether oxygens (including phenoxy) is 2. The van der Waals surface area contributed by atoms with Crippen LogP contribution < -0.4 is 14.0 Å². The molecule has 0 aliphatic carbocycles. The summed E-state index contributed by atoms with van der Waals surface area (Å²) in [6.07, 6.45) is 9.23. The Balaban J connectivity index is 0.944. The minimum absolute atomic E-state index is 0.597. The van der Waals surface area contributed by atoms with Crippen LogP contribution in [0.4, 0.5) is 0 Å². The van der Waals surface area contributed by atoms with Gasteiger partial charge in [-0.05, 0) is 78.7 Å². The van der Waals surface area contributed by atoms with Crippen molar-refractivity contribution in [2.24, 2.45) is 0 Å². The minimum Gasteiger partial charge on any atom is -0.493 e. The van der Waals surface area contributed by atoms with Gasteiger partial charge >= 0.3 is 0 Å². The largest absolute Gasteiger partial charge is 0.493 e. The second kappa shape index (κ2) is 13.6. The molecule has 2 heterocycles. The molecule has 0 atom stereocenters. The molecule has 0 bridgehead atoms. The summed E-state index contributed by atoms with van der Waals surface area (Å²) >= 11 is 0. The zero-order chi connectivity index (χ0) is 29.3. The first-order valence-corrected chi connectivity index (χ1v) is 14.8. The number of fused-ring (bicyclic) bond motifs is 2. The van der Waals surface area contributed by atoms with Crippen LogP contribution in [0.1, 0.15) is 35.9 Å². The highest BCUT2D eigenvalue weighted by atomic mass is 16.5. The van der Waals surface area contributed by atoms with Gasteiger partial charge in [0, 0.05) is 35.4 Å². The lowest BCUT2D eigenvalue weighted by Crippen LogP contribution is -2.36. The Bertz CT molecular complexity index is 1870. The molecule has 0 fully saturated rings. The molecule has 0 spiro atoms. The van der Waals surface area contributed by atoms with Crippen molar-refractivity contribution in [2.75, 3.05) is 13.2 Å². The molecular weight excluding hydrogens is 528 g/mol. The van der Waals surface area contributed by atoms with Gasteiger partial charge in [0.2, 0.25) is 11.2 Å². The molecule has 0 amide bonds. The third kappa shape index (κ3) is 7.17. The molecule has 4 heteroatoms. The summed E-state index contributed by atoms with van der Waals surface area (Å²) in [6.45, 7) is 4.30. The average molecular weight is 564 g/mol. The molecule has 0 unspecified atom stereocenters. The normalized spacial score (nSPS) is 11.6. The SMILES string of the molecule is CC[n+]1c(/C=C/c2ccc(OCCCOc3ccc(/C=C/c4ccc5ccccc5n4)cc3)cc2)ccc2ccccc21. The molecule has 6 aromatic rings. The second-order valence-corrected chi connectivity index (χ2v) is 10.3. The van der Waals surface area contributed by atoms with Crippen LogP contribution in [0, 0.1) is 0 Å². The van der Waals surface area contributed by atoms with Gasteiger partial charge in [-0.25, -0.2) is 4.98 Å². The average Bonchev–Trinajstić information content (AvgIpc) is 3.07. The van der Waals surface area contributed by atoms with Crippen LogP contribution in [-0.2, 0) is 6.54 Å². The number of pyridine rings is 2. The van der Waals surface area contributed by atoms with Gasteiger partial charge in [0.1, 0.15) is 18.0 Å². The van der Waals surface area contributed by atoms with E-state index in [1.807, 2.05) is 54.6 Å². The first-order chi connectivity index (χ1) is 21.2. The van der Waals surface area contributed by atoms with E-state index in [9.17, 15) is 0 Å². The van der Waals surface area contributed by atoms with E-state index in [0.717, 1.165) is 52.2 Å². The number of benzene rings is 4. The Morgan fingerprint density at radius 2 is 1.19 bits per heavy atom. The molecular formula is C39H35N2O2+. The smallest absolute Gasteiger partial charge is 0.212 e. The molecule has 43 heavy (non-hydrogen) atoms. The Morgan fingerprint density at radius 1 is 0.581 bits per heavy atom. The number of para-hydroxylation sites is 2. The van der Waals surface area contributed by atoms with Crippen molar-refractivity contribution in [1.29, 1.82) is 0 Å². The summed E-state index contributed by atoms with van der Waals surface area (Å²) in [4.78, 5) is 4.70. The summed E-state index contributed by atoms with van der Waals surface area (Å²) in [7, 11) is 0. The zero-order valence-corrected chi connectivity index (χ0v) is 24.4. The molecule has 4 nitrogen and oxygen atoms in total. The van der Waals surface area contributed by atoms with Crippen LogP contribution in [0.15, 0.2) is 121 Å². The lowest BCUT2D eigenvalue weighted by atomic mass is 10.1. The van der Waals surface area contributed by atoms with Gasteiger partial charge in [0.05, 0.1) is 24.4 Å². The van der Waals surface area contributed by atoms with Crippen LogP contribution in [0.5, 0.6) is 11.5 Å². The molecule has 212 valence electrons. The molecule has 0 radical (unpaired) electrons. The third-order valence-corrected chi connectivity index (χ3v) is 7.39. The standard InChI is InChI=1S/C39H35N2O2/c1-2-41-35(23-19-33-9-4-6-11-39(33)41)22-13-31-16-26-37(27-17-31)43-29-7-28-42-36-24-14-30(15-25-36)12-20-34-21-18-32-8-3-5-10-38(32)40-34/h3-6,8-27H,2,7,28-29H2,1H3/q+1/b20-12+,22-13+. The first kappa shape index (κ1) is 27.9. The van der Waals surface area contributed by atoms with Gasteiger partial charge < -0.3 is 9.47 Å². The fraction of sp³-hybridized carbons (Fsp3) is 0.128. The first-order valence-electron chi connectivity index (χ1n) is 14.8. The van der Waals surface area contributed by atoms with Gasteiger partial charge in [0.25, 0.3) is 0 Å². The molecule has 4 aromatic carbocycles. The highest BCUT2D eigenvalue weighted by Gasteiger charge is 2.11. The van der Waals surface area contributed by atoms with Crippen molar-refractivity contribution >= 4 is 46.1 Å². The van der Waals surface area contributed by atoms with Crippen LogP contribution in [0.2, 0.25) is 0 Å². The topological polar surface area (TPSA) is 35.2 Å². The maximum atomic E-state index is 5.94. The fourth-order valence-electron chi connectivity index (χ4n) is 5.10. The van der Waals surface area contributed by atoms with E-state index >= 15 is 0 Å². The van der Waals surface area contributed by atoms with Crippen molar-refractivity contribution in [3.05, 3.63) is 144 Å². The monoisotopic (exact) mass is 563 g/mol. The van der Waals surface area contributed by atoms with Gasteiger partial charge in [0.15, 0.2) is 0 Å². The minimum atomic E-state index is 0.597. The van der Waals surface area contributed by atoms with Crippen molar-refractivity contribution in [3.63, 3.8) is 0 Å². The summed E-state index contributed by atoms with van der Waals surface area (Å²) in [6, 6.07) is 41.5. The lowest BCUT2D eigenvalue weighted by molar-refractivity contribution is -0.669. The second-order valence-electron chi connectivity index (χ2n) is 10.3. The Morgan fingerprint density at radius 3 is 1.88 bits per heavy atom. The van der Waals surface area contributed by atoms with E-state index in [2.05, 4.69) is 103 Å². The van der Waals surface area contributed by atoms with Crippen LogP contribution in [0.3, 0.4) is 0 Å². The van der Waals surface area contributed by atoms with E-state index in [1.54, 1.807) is 0 Å². The number of nitrogens with zero attached hydrogens (tertiary/aromatic N) is 2. The van der Waals surface area contributed by atoms with Crippen molar-refractivity contribution in [1.82, 2.24) is 4.98 Å². The van der Waals surface area contributed by atoms with Gasteiger partial charge in [-0.3, -0.25) is 0 Å². The zero-order valence-electron chi connectivity index (χ0n) is 24.4. The molecule has 2 aromatic heterocycles. The predicted octanol–water partition coefficient (Wildman–Crippen LogP) is 8.88. The molecule has 0 aliphatic heterocycles. The Kier molecular flexibility index (Phi) is 8.85. The predicted molar refractivity (Wildman–Crippen MR) is 178 cm³/mol. The molecule has 0 N–H and O–H groups in total. The Labute approximate surface area is 253 Å². The summed E-state index contributed by atoms with van der Waals surface area (Å²) in [5.41, 5.74) is 6.62. The van der Waals surface area contributed by atoms with E-state index in [4.69, 9.17) is 14.5 Å². The van der Waals surface area contributed by atoms with Crippen LogP contribution >= 0.6 is 0 Å². The maximum Gasteiger partial charge on any atom is 0.212 e. The van der Waals surface area contributed by atoms with Crippen molar-refractivity contribution in [3.8, 4) is 11.5 Å². The van der Waals surface area contributed by atoms with Gasteiger partial charge in [-0.15, -0.1) is 0 Å². The molecule has 0 saturated heterocycles. The summed E-state index contributed by atoms with van der Waals surface area (Å²) in [5, 5.41) is 2.40. The molecule has 0 aliphatic rings. The summed E-state index contributed by atoms with van der Waals surface area (Å²) < 4.78 is 14.2. The lowest BCUT2D eigenvalue weighted by Gasteiger charge is -2.08. The highest BCUT2D eigenvalue weighted by Crippen LogP contribution is 2.18. The number of rotatable bonds is 11. The number of aromatic nitrogens is 2. The molecule has 0 saturated carbocycles. The van der Waals surface area contributed by atoms with E-state index in [0.29, 0.717) is 13.2 Å².